The molecule has 0 unspecified atom stereocenters. The number of rotatable bonds is 1. The van der Waals surface area contributed by atoms with E-state index in [1.165, 1.54) is 11.8 Å². The Bertz CT molecular complexity index is 167. The summed E-state index contributed by atoms with van der Waals surface area (Å²) in [4.78, 5) is 0. The van der Waals surface area contributed by atoms with E-state index in [-0.39, 0.29) is 0 Å². The average molecular weight is 144 g/mol. The average Bonchev–Trinajstić information content (AvgIpc) is 1.90. The Kier molecular flexibility index (Phi) is 2.21. The van der Waals surface area contributed by atoms with Crippen LogP contribution in [0.25, 0.3) is 0 Å². The van der Waals surface area contributed by atoms with E-state index >= 15 is 0 Å². The minimum atomic E-state index is 0.659. The summed E-state index contributed by atoms with van der Waals surface area (Å²) in [6.45, 7) is 0. The number of hydrogen-bond acceptors (Lipinski definition) is 4. The van der Waals surface area contributed by atoms with E-state index in [1.807, 2.05) is 0 Å². The Morgan fingerprint density at radius 2 is 2.75 bits per heavy atom. The zero-order chi connectivity index (χ0) is 5.82. The van der Waals surface area contributed by atoms with Crippen LogP contribution in [0.4, 0.5) is 0 Å². The number of hydrogen-bond donors (Lipinski definition) is 1. The number of nitrogens with zero attached hydrogens (tertiary/aromatic N) is 2. The van der Waals surface area contributed by atoms with Crippen LogP contribution in [0.2, 0.25) is 0 Å². The third-order valence-corrected chi connectivity index (χ3v) is 1.84. The molecule has 0 saturated carbocycles. The standard InChI is InChI=1S/C4H4N2S2/c7-3-4-6-5-1-2-8-4/h2,7H,3H2. The molecule has 1 aliphatic heterocycles. The van der Waals surface area contributed by atoms with Crippen LogP contribution in [0.1, 0.15) is 0 Å². The second kappa shape index (κ2) is 2.97. The van der Waals surface area contributed by atoms with E-state index in [0.29, 0.717) is 5.75 Å². The van der Waals surface area contributed by atoms with Crippen LogP contribution in [0.15, 0.2) is 15.6 Å². The lowest BCUT2D eigenvalue weighted by atomic mass is 10.9. The van der Waals surface area contributed by atoms with E-state index in [9.17, 15) is 0 Å². The lowest BCUT2D eigenvalue weighted by Crippen LogP contribution is -1.92. The lowest BCUT2D eigenvalue weighted by molar-refractivity contribution is 1.27. The Hall–Kier alpha value is -0.180. The first kappa shape index (κ1) is 5.95. The molecule has 0 fully saturated rings. The van der Waals surface area contributed by atoms with Gasteiger partial charge in [-0.2, -0.15) is 12.6 Å². The highest BCUT2D eigenvalue weighted by molar-refractivity contribution is 8.17. The van der Waals surface area contributed by atoms with Gasteiger partial charge in [0.05, 0.1) is 0 Å². The molecule has 0 amide bonds. The highest BCUT2D eigenvalue weighted by atomic mass is 32.2. The minimum absolute atomic E-state index is 0.659. The van der Waals surface area contributed by atoms with Crippen LogP contribution < -0.4 is 0 Å². The Morgan fingerprint density at radius 1 is 1.88 bits per heavy atom. The Morgan fingerprint density at radius 3 is 3.12 bits per heavy atom. The molecule has 0 aromatic rings. The smallest absolute Gasteiger partial charge is 0.111 e. The monoisotopic (exact) mass is 144 g/mol. The molecule has 0 bridgehead atoms. The first-order chi connectivity index (χ1) is 3.93. The molecule has 0 aromatic carbocycles. The zero-order valence-electron chi connectivity index (χ0n) is 4.03. The van der Waals surface area contributed by atoms with Gasteiger partial charge in [-0.25, -0.2) is 0 Å². The molecule has 0 spiro atoms. The van der Waals surface area contributed by atoms with Crippen molar-refractivity contribution >= 4 is 35.3 Å². The fourth-order valence-electron chi connectivity index (χ4n) is 0.295. The summed E-state index contributed by atoms with van der Waals surface area (Å²) in [5, 5.41) is 9.96. The quantitative estimate of drug-likeness (QED) is 0.549. The third-order valence-electron chi connectivity index (χ3n) is 0.602. The number of thioether (sulfide) groups is 1. The fraction of sp³-hybridized carbons (Fsp3) is 0.250. The molecule has 0 N–H and O–H groups in total. The second-order valence-corrected chi connectivity index (χ2v) is 2.38. The van der Waals surface area contributed by atoms with E-state index in [1.54, 1.807) is 5.41 Å². The van der Waals surface area contributed by atoms with E-state index in [2.05, 4.69) is 28.7 Å². The molecule has 0 saturated heterocycles. The molecule has 4 heteroatoms. The largest absolute Gasteiger partial charge is 0.172 e. The van der Waals surface area contributed by atoms with Crippen molar-refractivity contribution in [2.24, 2.45) is 10.2 Å². The van der Waals surface area contributed by atoms with Crippen LogP contribution in [0.5, 0.6) is 0 Å². The summed E-state index contributed by atoms with van der Waals surface area (Å²) in [6.07, 6.45) is 0. The highest BCUT2D eigenvalue weighted by Crippen LogP contribution is 2.07. The normalized spacial score (nSPS) is 16.4. The maximum Gasteiger partial charge on any atom is 0.111 e. The van der Waals surface area contributed by atoms with Crippen LogP contribution in [0, 0.1) is 0 Å². The Labute approximate surface area is 57.2 Å². The molecule has 8 heavy (non-hydrogen) atoms. The van der Waals surface area contributed by atoms with Crippen molar-refractivity contribution in [1.29, 1.82) is 0 Å². The van der Waals surface area contributed by atoms with Gasteiger partial charge < -0.3 is 0 Å². The molecule has 0 aromatic heterocycles. The molecule has 0 atom stereocenters. The summed E-state index contributed by atoms with van der Waals surface area (Å²) in [7, 11) is 0. The maximum absolute atomic E-state index is 4.00. The zero-order valence-corrected chi connectivity index (χ0v) is 5.75. The van der Waals surface area contributed by atoms with Crippen molar-refractivity contribution in [1.82, 2.24) is 0 Å². The third kappa shape index (κ3) is 1.40. The van der Waals surface area contributed by atoms with Crippen molar-refractivity contribution in [3.8, 4) is 0 Å². The van der Waals surface area contributed by atoms with E-state index in [4.69, 9.17) is 0 Å². The van der Waals surface area contributed by atoms with E-state index < -0.39 is 0 Å². The van der Waals surface area contributed by atoms with Crippen LogP contribution in [0.3, 0.4) is 0 Å². The van der Waals surface area contributed by atoms with Gasteiger partial charge in [-0.1, -0.05) is 11.8 Å². The molecule has 2 nitrogen and oxygen atoms in total. The van der Waals surface area contributed by atoms with Gasteiger partial charge in [0, 0.05) is 17.0 Å². The van der Waals surface area contributed by atoms with Crippen molar-refractivity contribution in [3.05, 3.63) is 5.41 Å². The summed E-state index contributed by atoms with van der Waals surface area (Å²) >= 11 is 5.51. The summed E-state index contributed by atoms with van der Waals surface area (Å²) in [5.41, 5.74) is 0. The maximum atomic E-state index is 4.00. The lowest BCUT2D eigenvalue weighted by Gasteiger charge is -1.93. The van der Waals surface area contributed by atoms with Gasteiger partial charge >= 0.3 is 0 Å². The van der Waals surface area contributed by atoms with Crippen molar-refractivity contribution in [3.63, 3.8) is 0 Å². The molecule has 42 valence electrons. The van der Waals surface area contributed by atoms with Gasteiger partial charge in [-0.15, -0.1) is 10.2 Å². The van der Waals surface area contributed by atoms with Gasteiger partial charge in [0.15, 0.2) is 0 Å². The van der Waals surface area contributed by atoms with Gasteiger partial charge in [0.1, 0.15) is 5.04 Å². The molecule has 0 radical (unpaired) electrons. The second-order valence-electron chi connectivity index (χ2n) is 1.12. The first-order valence-electron chi connectivity index (χ1n) is 2.05. The predicted octanol–water partition coefficient (Wildman–Crippen LogP) is 1.16. The highest BCUT2D eigenvalue weighted by Gasteiger charge is 1.94. The Balaban J connectivity index is 2.63. The fourth-order valence-corrected chi connectivity index (χ4v) is 0.980. The van der Waals surface area contributed by atoms with Gasteiger partial charge in [0.2, 0.25) is 0 Å². The molecule has 0 aliphatic carbocycles. The minimum Gasteiger partial charge on any atom is -0.172 e. The topological polar surface area (TPSA) is 24.7 Å². The van der Waals surface area contributed by atoms with Gasteiger partial charge in [-0.3, -0.25) is 0 Å². The SMILES string of the molecule is SCC1=NN=C=CS1. The van der Waals surface area contributed by atoms with Crippen LogP contribution in [-0.4, -0.2) is 16.7 Å². The predicted molar refractivity (Wildman–Crippen MR) is 40.9 cm³/mol. The van der Waals surface area contributed by atoms with Crippen LogP contribution >= 0.6 is 24.4 Å². The van der Waals surface area contributed by atoms with E-state index in [0.717, 1.165) is 5.04 Å². The molecule has 1 rings (SSSR count). The number of thiol groups is 1. The van der Waals surface area contributed by atoms with Crippen molar-refractivity contribution < 1.29 is 0 Å². The molecule has 1 heterocycles. The van der Waals surface area contributed by atoms with Crippen molar-refractivity contribution in [2.75, 3.05) is 5.75 Å². The molecule has 1 aliphatic rings. The van der Waals surface area contributed by atoms with Crippen LogP contribution in [-0.2, 0) is 0 Å². The first-order valence-corrected chi connectivity index (χ1v) is 3.56. The molecular formula is C4H4N2S2. The summed E-state index contributed by atoms with van der Waals surface area (Å²) in [6, 6.07) is 0. The summed E-state index contributed by atoms with van der Waals surface area (Å²) < 4.78 is 0. The summed E-state index contributed by atoms with van der Waals surface area (Å²) in [5.74, 6) is 3.25. The van der Waals surface area contributed by atoms with Gasteiger partial charge in [0.25, 0.3) is 0 Å². The van der Waals surface area contributed by atoms with Crippen molar-refractivity contribution in [2.45, 2.75) is 0 Å². The van der Waals surface area contributed by atoms with Gasteiger partial charge in [-0.05, 0) is 0 Å². The molecular weight excluding hydrogens is 140 g/mol.